The van der Waals surface area contributed by atoms with Crippen LogP contribution < -0.4 is 4.74 Å². The van der Waals surface area contributed by atoms with Crippen LogP contribution in [-0.2, 0) is 24.5 Å². The van der Waals surface area contributed by atoms with Gasteiger partial charge in [-0.25, -0.2) is 0 Å². The number of hydrogen-bond donors (Lipinski definition) is 0. The highest BCUT2D eigenvalue weighted by Gasteiger charge is 2.24. The molecule has 0 fully saturated rings. The molecule has 0 aliphatic carbocycles. The summed E-state index contributed by atoms with van der Waals surface area (Å²) in [6.45, 7) is 3.13. The van der Waals surface area contributed by atoms with E-state index in [1.165, 1.54) is 0 Å². The maximum Gasteiger partial charge on any atom is 0.244 e. The molecule has 0 radical (unpaired) electrons. The van der Waals surface area contributed by atoms with Gasteiger partial charge in [-0.05, 0) is 31.2 Å². The Bertz CT molecular complexity index is 912. The van der Waals surface area contributed by atoms with E-state index in [0.717, 1.165) is 33.9 Å². The van der Waals surface area contributed by atoms with E-state index in [4.69, 9.17) is 9.15 Å². The monoisotopic (exact) mass is 337 g/mol. The summed E-state index contributed by atoms with van der Waals surface area (Å²) in [7, 11) is 1.77. The number of carbonyl (C=O) groups excluding carboxylic acids is 1. The molecular formula is C19H19N3O3. The topological polar surface area (TPSA) is 60.5 Å². The van der Waals surface area contributed by atoms with Gasteiger partial charge in [-0.1, -0.05) is 11.6 Å². The summed E-state index contributed by atoms with van der Waals surface area (Å²) >= 11 is 0. The minimum Gasteiger partial charge on any atom is -0.488 e. The lowest BCUT2D eigenvalue weighted by molar-refractivity contribution is -0.131. The third-order valence-electron chi connectivity index (χ3n) is 4.37. The third kappa shape index (κ3) is 2.91. The van der Waals surface area contributed by atoms with Crippen molar-refractivity contribution in [2.75, 3.05) is 7.05 Å². The van der Waals surface area contributed by atoms with Crippen LogP contribution in [0.25, 0.3) is 11.3 Å². The third-order valence-corrected chi connectivity index (χ3v) is 4.37. The van der Waals surface area contributed by atoms with E-state index in [1.807, 2.05) is 31.2 Å². The molecule has 2 aromatic heterocycles. The van der Waals surface area contributed by atoms with Crippen molar-refractivity contribution >= 4 is 5.91 Å². The number of carbonyl (C=O) groups is 1. The van der Waals surface area contributed by atoms with Gasteiger partial charge in [0.1, 0.15) is 24.7 Å². The van der Waals surface area contributed by atoms with Crippen molar-refractivity contribution < 1.29 is 13.9 Å². The standard InChI is InChI=1S/C19H19N3O3/c1-13-5-6-17-16(8-13)19-14(12-25-17)9-20-22(19)11-18(23)21(2)10-15-4-3-7-24-15/h3-9H,10-12H2,1-2H3. The van der Waals surface area contributed by atoms with Gasteiger partial charge < -0.3 is 14.1 Å². The maximum atomic E-state index is 12.6. The molecule has 0 N–H and O–H groups in total. The number of amides is 1. The van der Waals surface area contributed by atoms with E-state index in [9.17, 15) is 4.79 Å². The number of benzene rings is 1. The lowest BCUT2D eigenvalue weighted by Gasteiger charge is -2.21. The molecule has 0 spiro atoms. The molecule has 0 saturated carbocycles. The van der Waals surface area contributed by atoms with Crippen LogP contribution in [0, 0.1) is 6.92 Å². The Kier molecular flexibility index (Phi) is 3.80. The first-order valence-corrected chi connectivity index (χ1v) is 8.16. The Labute approximate surface area is 145 Å². The summed E-state index contributed by atoms with van der Waals surface area (Å²) in [5.41, 5.74) is 4.09. The van der Waals surface area contributed by atoms with Crippen LogP contribution in [0.2, 0.25) is 0 Å². The van der Waals surface area contributed by atoms with Gasteiger partial charge in [0, 0.05) is 18.2 Å². The highest BCUT2D eigenvalue weighted by Crippen LogP contribution is 2.37. The zero-order chi connectivity index (χ0) is 17.4. The van der Waals surface area contributed by atoms with Gasteiger partial charge in [0.25, 0.3) is 0 Å². The first-order chi connectivity index (χ1) is 12.1. The molecule has 6 heteroatoms. The maximum absolute atomic E-state index is 12.6. The van der Waals surface area contributed by atoms with Crippen molar-refractivity contribution in [1.82, 2.24) is 14.7 Å². The molecule has 0 saturated heterocycles. The normalized spacial score (nSPS) is 12.2. The number of rotatable bonds is 4. The summed E-state index contributed by atoms with van der Waals surface area (Å²) in [5, 5.41) is 4.41. The summed E-state index contributed by atoms with van der Waals surface area (Å²) in [5.74, 6) is 1.56. The van der Waals surface area contributed by atoms with Crippen LogP contribution in [-0.4, -0.2) is 27.6 Å². The Hall–Kier alpha value is -3.02. The van der Waals surface area contributed by atoms with Gasteiger partial charge in [0.2, 0.25) is 5.91 Å². The number of hydrogen-bond acceptors (Lipinski definition) is 4. The lowest BCUT2D eigenvalue weighted by atomic mass is 10.0. The minimum atomic E-state index is -0.0250. The van der Waals surface area contributed by atoms with Crippen LogP contribution in [0.3, 0.4) is 0 Å². The molecule has 25 heavy (non-hydrogen) atoms. The van der Waals surface area contributed by atoms with E-state index >= 15 is 0 Å². The molecule has 1 amide bonds. The molecule has 1 aliphatic rings. The average molecular weight is 337 g/mol. The number of aromatic nitrogens is 2. The quantitative estimate of drug-likeness (QED) is 0.734. The van der Waals surface area contributed by atoms with Gasteiger partial charge in [-0.3, -0.25) is 9.48 Å². The summed E-state index contributed by atoms with van der Waals surface area (Å²) < 4.78 is 12.8. The summed E-state index contributed by atoms with van der Waals surface area (Å²) in [6, 6.07) is 9.73. The Balaban J connectivity index is 1.59. The molecule has 1 aliphatic heterocycles. The molecule has 6 nitrogen and oxygen atoms in total. The Morgan fingerprint density at radius 1 is 1.36 bits per heavy atom. The molecule has 1 aromatic carbocycles. The van der Waals surface area contributed by atoms with Crippen molar-refractivity contribution in [3.05, 3.63) is 59.7 Å². The summed E-state index contributed by atoms with van der Waals surface area (Å²) in [6.07, 6.45) is 3.39. The first kappa shape index (κ1) is 15.5. The second-order valence-corrected chi connectivity index (χ2v) is 6.29. The van der Waals surface area contributed by atoms with Crippen LogP contribution in [0.4, 0.5) is 0 Å². The number of ether oxygens (including phenoxy) is 1. The van der Waals surface area contributed by atoms with E-state index in [1.54, 1.807) is 29.1 Å². The average Bonchev–Trinajstić information content (AvgIpc) is 3.24. The number of aryl methyl sites for hydroxylation is 1. The van der Waals surface area contributed by atoms with Gasteiger partial charge >= 0.3 is 0 Å². The van der Waals surface area contributed by atoms with Gasteiger partial charge in [-0.15, -0.1) is 0 Å². The molecule has 3 heterocycles. The SMILES string of the molecule is Cc1ccc2c(c1)-c1c(cnn1CC(=O)N(C)Cc1ccco1)CO2. The van der Waals surface area contributed by atoms with Crippen molar-refractivity contribution in [1.29, 1.82) is 0 Å². The van der Waals surface area contributed by atoms with Crippen LogP contribution in [0.5, 0.6) is 5.75 Å². The fourth-order valence-corrected chi connectivity index (χ4v) is 3.05. The fraction of sp³-hybridized carbons (Fsp3) is 0.263. The van der Waals surface area contributed by atoms with Gasteiger partial charge in [0.05, 0.1) is 24.7 Å². The van der Waals surface area contributed by atoms with E-state index in [2.05, 4.69) is 11.2 Å². The molecule has 3 aromatic rings. The smallest absolute Gasteiger partial charge is 0.244 e. The second-order valence-electron chi connectivity index (χ2n) is 6.29. The van der Waals surface area contributed by atoms with E-state index in [0.29, 0.717) is 13.2 Å². The van der Waals surface area contributed by atoms with Crippen molar-refractivity contribution in [3.8, 4) is 17.0 Å². The fourth-order valence-electron chi connectivity index (χ4n) is 3.05. The molecule has 128 valence electrons. The molecular weight excluding hydrogens is 318 g/mol. The number of furan rings is 1. The van der Waals surface area contributed by atoms with Crippen LogP contribution >= 0.6 is 0 Å². The largest absolute Gasteiger partial charge is 0.488 e. The Morgan fingerprint density at radius 3 is 3.04 bits per heavy atom. The minimum absolute atomic E-state index is 0.0250. The van der Waals surface area contributed by atoms with Crippen molar-refractivity contribution in [2.24, 2.45) is 0 Å². The van der Waals surface area contributed by atoms with E-state index < -0.39 is 0 Å². The second kappa shape index (κ2) is 6.12. The van der Waals surface area contributed by atoms with Gasteiger partial charge in [-0.2, -0.15) is 5.10 Å². The summed E-state index contributed by atoms with van der Waals surface area (Å²) in [4.78, 5) is 14.2. The van der Waals surface area contributed by atoms with Gasteiger partial charge in [0.15, 0.2) is 0 Å². The zero-order valence-electron chi connectivity index (χ0n) is 14.2. The van der Waals surface area contributed by atoms with Crippen LogP contribution in [0.1, 0.15) is 16.9 Å². The zero-order valence-corrected chi connectivity index (χ0v) is 14.2. The lowest BCUT2D eigenvalue weighted by Crippen LogP contribution is -2.30. The molecule has 4 rings (SSSR count). The van der Waals surface area contributed by atoms with Crippen LogP contribution in [0.15, 0.2) is 47.2 Å². The van der Waals surface area contributed by atoms with E-state index in [-0.39, 0.29) is 12.5 Å². The van der Waals surface area contributed by atoms with Crippen molar-refractivity contribution in [3.63, 3.8) is 0 Å². The number of fused-ring (bicyclic) bond motifs is 3. The Morgan fingerprint density at radius 2 is 2.24 bits per heavy atom. The molecule has 0 bridgehead atoms. The number of nitrogens with zero attached hydrogens (tertiary/aromatic N) is 3. The number of likely N-dealkylation sites (N-methyl/N-ethyl adjacent to an activating group) is 1. The predicted octanol–water partition coefficient (Wildman–Crippen LogP) is 3.00. The molecule has 0 unspecified atom stereocenters. The van der Waals surface area contributed by atoms with Crippen molar-refractivity contribution in [2.45, 2.75) is 26.6 Å². The highest BCUT2D eigenvalue weighted by atomic mass is 16.5. The molecule has 0 atom stereocenters. The predicted molar refractivity (Wildman–Crippen MR) is 91.9 cm³/mol. The highest BCUT2D eigenvalue weighted by molar-refractivity contribution is 5.78. The first-order valence-electron chi connectivity index (χ1n) is 8.16.